The summed E-state index contributed by atoms with van der Waals surface area (Å²) in [5.41, 5.74) is 10.5. The maximum absolute atomic E-state index is 6.03. The van der Waals surface area contributed by atoms with Crippen molar-refractivity contribution in [3.05, 3.63) is 35.3 Å². The second-order valence-corrected chi connectivity index (χ2v) is 4.60. The van der Waals surface area contributed by atoms with Gasteiger partial charge in [-0.3, -0.25) is 4.98 Å². The molecule has 0 amide bonds. The van der Waals surface area contributed by atoms with E-state index in [-0.39, 0.29) is 0 Å². The highest BCUT2D eigenvalue weighted by Crippen LogP contribution is 2.28. The summed E-state index contributed by atoms with van der Waals surface area (Å²) in [6, 6.07) is 1.97. The number of hydrogen-bond donors (Lipinski definition) is 1. The zero-order chi connectivity index (χ0) is 12.5. The third kappa shape index (κ3) is 1.74. The summed E-state index contributed by atoms with van der Waals surface area (Å²) in [4.78, 5) is 13.3. The summed E-state index contributed by atoms with van der Waals surface area (Å²) in [7, 11) is 0. The van der Waals surface area contributed by atoms with E-state index in [1.165, 1.54) is 0 Å². The maximum atomic E-state index is 6.03. The zero-order valence-corrected chi connectivity index (χ0v) is 10.5. The molecule has 0 radical (unpaired) electrons. The number of nitrogens with two attached hydrogens (primary N) is 1. The highest BCUT2D eigenvalue weighted by molar-refractivity contribution is 5.62. The number of aromatic nitrogens is 3. The van der Waals surface area contributed by atoms with E-state index in [0.717, 1.165) is 53.9 Å². The number of fused-ring (bicyclic) bond motifs is 1. The lowest BCUT2D eigenvalue weighted by Crippen LogP contribution is -2.04. The molecule has 0 atom stereocenters. The minimum Gasteiger partial charge on any atom is -0.383 e. The molecule has 0 bridgehead atoms. The van der Waals surface area contributed by atoms with E-state index in [4.69, 9.17) is 5.73 Å². The molecule has 0 unspecified atom stereocenters. The summed E-state index contributed by atoms with van der Waals surface area (Å²) >= 11 is 0. The predicted molar refractivity (Wildman–Crippen MR) is 71.1 cm³/mol. The summed E-state index contributed by atoms with van der Waals surface area (Å²) in [5.74, 6) is 1.39. The topological polar surface area (TPSA) is 64.7 Å². The van der Waals surface area contributed by atoms with Gasteiger partial charge in [0.05, 0.1) is 0 Å². The van der Waals surface area contributed by atoms with Gasteiger partial charge in [-0.2, -0.15) is 0 Å². The SMILES string of the molecule is CCc1cnccc1-c1nc(N)c2c(n1)CCC2. The van der Waals surface area contributed by atoms with Crippen LogP contribution in [0.1, 0.15) is 30.2 Å². The molecule has 0 fully saturated rings. The van der Waals surface area contributed by atoms with Crippen molar-refractivity contribution in [1.82, 2.24) is 15.0 Å². The second-order valence-electron chi connectivity index (χ2n) is 4.60. The molecule has 18 heavy (non-hydrogen) atoms. The molecule has 92 valence electrons. The van der Waals surface area contributed by atoms with Crippen LogP contribution in [0.3, 0.4) is 0 Å². The number of aryl methyl sites for hydroxylation is 2. The Balaban J connectivity index is 2.15. The van der Waals surface area contributed by atoms with E-state index in [1.54, 1.807) is 6.20 Å². The van der Waals surface area contributed by atoms with Gasteiger partial charge < -0.3 is 5.73 Å². The van der Waals surface area contributed by atoms with Crippen molar-refractivity contribution in [1.29, 1.82) is 0 Å². The molecule has 2 N–H and O–H groups in total. The van der Waals surface area contributed by atoms with E-state index in [1.807, 2.05) is 12.3 Å². The quantitative estimate of drug-likeness (QED) is 0.873. The van der Waals surface area contributed by atoms with Crippen LogP contribution in [-0.2, 0) is 19.3 Å². The fourth-order valence-electron chi connectivity index (χ4n) is 2.51. The minimum atomic E-state index is 0.645. The van der Waals surface area contributed by atoms with Crippen molar-refractivity contribution < 1.29 is 0 Å². The molecule has 0 saturated carbocycles. The number of hydrogen-bond acceptors (Lipinski definition) is 4. The normalized spacial score (nSPS) is 13.6. The molecule has 2 heterocycles. The van der Waals surface area contributed by atoms with Gasteiger partial charge >= 0.3 is 0 Å². The minimum absolute atomic E-state index is 0.645. The van der Waals surface area contributed by atoms with E-state index >= 15 is 0 Å². The predicted octanol–water partition coefficient (Wildman–Crippen LogP) is 2.17. The van der Waals surface area contributed by atoms with Crippen LogP contribution in [0.5, 0.6) is 0 Å². The Bertz CT molecular complexity index is 592. The van der Waals surface area contributed by atoms with Gasteiger partial charge in [-0.25, -0.2) is 9.97 Å². The molecule has 4 nitrogen and oxygen atoms in total. The van der Waals surface area contributed by atoms with Crippen LogP contribution in [0, 0.1) is 0 Å². The first-order valence-electron chi connectivity index (χ1n) is 6.38. The highest BCUT2D eigenvalue weighted by Gasteiger charge is 2.19. The first-order valence-corrected chi connectivity index (χ1v) is 6.38. The number of pyridine rings is 1. The van der Waals surface area contributed by atoms with E-state index in [2.05, 4.69) is 21.9 Å². The second kappa shape index (κ2) is 4.37. The van der Waals surface area contributed by atoms with Gasteiger partial charge in [-0.15, -0.1) is 0 Å². The van der Waals surface area contributed by atoms with Crippen molar-refractivity contribution >= 4 is 5.82 Å². The fourth-order valence-corrected chi connectivity index (χ4v) is 2.51. The molecular formula is C14H16N4. The number of nitrogen functional groups attached to an aromatic ring is 1. The fraction of sp³-hybridized carbons (Fsp3) is 0.357. The Morgan fingerprint density at radius 3 is 3.00 bits per heavy atom. The molecule has 2 aromatic rings. The largest absolute Gasteiger partial charge is 0.383 e. The Labute approximate surface area is 106 Å². The first-order chi connectivity index (χ1) is 8.79. The van der Waals surface area contributed by atoms with E-state index in [9.17, 15) is 0 Å². The van der Waals surface area contributed by atoms with Gasteiger partial charge in [-0.05, 0) is 37.3 Å². The highest BCUT2D eigenvalue weighted by atomic mass is 15.0. The van der Waals surface area contributed by atoms with Crippen LogP contribution in [0.15, 0.2) is 18.5 Å². The monoisotopic (exact) mass is 240 g/mol. The molecule has 0 aromatic carbocycles. The molecule has 2 aromatic heterocycles. The Kier molecular flexibility index (Phi) is 2.70. The van der Waals surface area contributed by atoms with Gasteiger partial charge in [0.1, 0.15) is 5.82 Å². The van der Waals surface area contributed by atoms with Crippen molar-refractivity contribution in [2.24, 2.45) is 0 Å². The zero-order valence-electron chi connectivity index (χ0n) is 10.5. The average molecular weight is 240 g/mol. The standard InChI is InChI=1S/C14H16N4/c1-2-9-8-16-7-6-10(9)14-17-12-5-3-4-11(12)13(15)18-14/h6-8H,2-5H2,1H3,(H2,15,17,18). The summed E-state index contributed by atoms with van der Waals surface area (Å²) in [6.45, 7) is 2.11. The lowest BCUT2D eigenvalue weighted by molar-refractivity contribution is 0.900. The van der Waals surface area contributed by atoms with Gasteiger partial charge in [0.25, 0.3) is 0 Å². The first kappa shape index (κ1) is 11.1. The van der Waals surface area contributed by atoms with Gasteiger partial charge in [0.2, 0.25) is 0 Å². The number of nitrogens with zero attached hydrogens (tertiary/aromatic N) is 3. The Morgan fingerprint density at radius 2 is 2.17 bits per heavy atom. The van der Waals surface area contributed by atoms with Gasteiger partial charge in [0.15, 0.2) is 5.82 Å². The molecule has 1 aliphatic carbocycles. The molecule has 0 aliphatic heterocycles. The smallest absolute Gasteiger partial charge is 0.162 e. The lowest BCUT2D eigenvalue weighted by atomic mass is 10.1. The van der Waals surface area contributed by atoms with Crippen LogP contribution in [0.25, 0.3) is 11.4 Å². The van der Waals surface area contributed by atoms with Crippen molar-refractivity contribution in [2.75, 3.05) is 5.73 Å². The molecular weight excluding hydrogens is 224 g/mol. The van der Waals surface area contributed by atoms with Crippen LogP contribution in [-0.4, -0.2) is 15.0 Å². The molecule has 4 heteroatoms. The molecule has 0 saturated heterocycles. The maximum Gasteiger partial charge on any atom is 0.162 e. The van der Waals surface area contributed by atoms with Crippen LogP contribution >= 0.6 is 0 Å². The summed E-state index contributed by atoms with van der Waals surface area (Å²) in [6.07, 6.45) is 7.74. The van der Waals surface area contributed by atoms with E-state index in [0.29, 0.717) is 5.82 Å². The Hall–Kier alpha value is -1.97. The molecule has 0 spiro atoms. The Morgan fingerprint density at radius 1 is 1.28 bits per heavy atom. The van der Waals surface area contributed by atoms with Crippen LogP contribution in [0.4, 0.5) is 5.82 Å². The summed E-state index contributed by atoms with van der Waals surface area (Å²) in [5, 5.41) is 0. The third-order valence-corrected chi connectivity index (χ3v) is 3.49. The van der Waals surface area contributed by atoms with Crippen molar-refractivity contribution in [3.8, 4) is 11.4 Å². The molecule has 1 aliphatic rings. The van der Waals surface area contributed by atoms with Crippen LogP contribution < -0.4 is 5.73 Å². The van der Waals surface area contributed by atoms with Gasteiger partial charge in [-0.1, -0.05) is 6.92 Å². The lowest BCUT2D eigenvalue weighted by Gasteiger charge is -2.09. The van der Waals surface area contributed by atoms with Gasteiger partial charge in [0, 0.05) is 29.2 Å². The van der Waals surface area contributed by atoms with Crippen molar-refractivity contribution in [2.45, 2.75) is 32.6 Å². The van der Waals surface area contributed by atoms with Crippen molar-refractivity contribution in [3.63, 3.8) is 0 Å². The van der Waals surface area contributed by atoms with E-state index < -0.39 is 0 Å². The summed E-state index contributed by atoms with van der Waals surface area (Å²) < 4.78 is 0. The third-order valence-electron chi connectivity index (χ3n) is 3.49. The number of rotatable bonds is 2. The average Bonchev–Trinajstić information content (AvgIpc) is 2.87. The van der Waals surface area contributed by atoms with Crippen LogP contribution in [0.2, 0.25) is 0 Å². The molecule has 3 rings (SSSR count). The number of anilines is 1.